The van der Waals surface area contributed by atoms with E-state index < -0.39 is 0 Å². The molecule has 0 unspecified atom stereocenters. The van der Waals surface area contributed by atoms with E-state index in [1.165, 1.54) is 18.4 Å². The lowest BCUT2D eigenvalue weighted by Gasteiger charge is -2.11. The van der Waals surface area contributed by atoms with Gasteiger partial charge in [0.1, 0.15) is 5.75 Å². The van der Waals surface area contributed by atoms with Crippen molar-refractivity contribution in [3.8, 4) is 17.2 Å². The average molecular weight is 454 g/mol. The van der Waals surface area contributed by atoms with Crippen LogP contribution in [-0.4, -0.2) is 32.8 Å². The highest BCUT2D eigenvalue weighted by molar-refractivity contribution is 5.91. The molecule has 0 aromatic heterocycles. The van der Waals surface area contributed by atoms with Gasteiger partial charge in [0.2, 0.25) is 5.91 Å². The number of carbonyl (C=O) groups excluding carboxylic acids is 1. The van der Waals surface area contributed by atoms with Gasteiger partial charge in [0, 0.05) is 12.6 Å². The molecule has 2 aromatic rings. The normalized spacial score (nSPS) is 10.9. The Labute approximate surface area is 199 Å². The number of unbranched alkanes of at least 4 members (excludes halogenated alkanes) is 4. The summed E-state index contributed by atoms with van der Waals surface area (Å²) in [6.07, 6.45) is 10.9. The fraction of sp³-hybridized carbons (Fsp3) is 0.464. The number of nitrogens with one attached hydrogen (secondary N) is 1. The SMILES string of the molecule is CCCCCOc1ccc(CCNC(=O)C=Cc2ccc(OC)c(OCCCCC)c2)cc1. The van der Waals surface area contributed by atoms with Crippen LogP contribution in [0.3, 0.4) is 0 Å². The van der Waals surface area contributed by atoms with Gasteiger partial charge >= 0.3 is 0 Å². The van der Waals surface area contributed by atoms with E-state index in [9.17, 15) is 4.79 Å². The zero-order valence-electron chi connectivity index (χ0n) is 20.4. The Kier molecular flexibility index (Phi) is 12.6. The fourth-order valence-corrected chi connectivity index (χ4v) is 3.30. The van der Waals surface area contributed by atoms with E-state index in [0.29, 0.717) is 24.7 Å². The number of hydrogen-bond donors (Lipinski definition) is 1. The van der Waals surface area contributed by atoms with Crippen LogP contribution in [0.1, 0.15) is 63.5 Å². The van der Waals surface area contributed by atoms with E-state index >= 15 is 0 Å². The molecule has 0 spiro atoms. The Balaban J connectivity index is 1.76. The lowest BCUT2D eigenvalue weighted by molar-refractivity contribution is -0.116. The van der Waals surface area contributed by atoms with Crippen molar-refractivity contribution in [2.75, 3.05) is 26.9 Å². The first kappa shape index (κ1) is 26.3. The maximum Gasteiger partial charge on any atom is 0.244 e. The topological polar surface area (TPSA) is 56.8 Å². The van der Waals surface area contributed by atoms with Gasteiger partial charge in [-0.15, -0.1) is 0 Å². The highest BCUT2D eigenvalue weighted by Gasteiger charge is 2.05. The van der Waals surface area contributed by atoms with Crippen LogP contribution in [0.15, 0.2) is 48.5 Å². The molecule has 0 fully saturated rings. The van der Waals surface area contributed by atoms with Gasteiger partial charge < -0.3 is 19.5 Å². The zero-order chi connectivity index (χ0) is 23.7. The second-order valence-corrected chi connectivity index (χ2v) is 8.04. The molecule has 1 amide bonds. The Morgan fingerprint density at radius 2 is 1.58 bits per heavy atom. The predicted molar refractivity (Wildman–Crippen MR) is 135 cm³/mol. The van der Waals surface area contributed by atoms with Gasteiger partial charge in [-0.2, -0.15) is 0 Å². The summed E-state index contributed by atoms with van der Waals surface area (Å²) in [4.78, 5) is 12.2. The van der Waals surface area contributed by atoms with Crippen LogP contribution in [0.25, 0.3) is 6.08 Å². The van der Waals surface area contributed by atoms with E-state index in [0.717, 1.165) is 50.0 Å². The first-order valence-electron chi connectivity index (χ1n) is 12.1. The van der Waals surface area contributed by atoms with E-state index in [2.05, 4.69) is 31.3 Å². The number of rotatable bonds is 16. The lowest BCUT2D eigenvalue weighted by Crippen LogP contribution is -2.23. The van der Waals surface area contributed by atoms with Crippen molar-refractivity contribution in [1.29, 1.82) is 0 Å². The summed E-state index contributed by atoms with van der Waals surface area (Å²) in [6, 6.07) is 13.8. The Hall–Kier alpha value is -2.95. The molecule has 2 rings (SSSR count). The monoisotopic (exact) mass is 453 g/mol. The van der Waals surface area contributed by atoms with Crippen molar-refractivity contribution in [3.05, 3.63) is 59.7 Å². The Bertz CT molecular complexity index is 845. The van der Waals surface area contributed by atoms with Crippen LogP contribution in [0.4, 0.5) is 0 Å². The molecule has 0 aliphatic heterocycles. The lowest BCUT2D eigenvalue weighted by atomic mass is 10.1. The Morgan fingerprint density at radius 3 is 2.24 bits per heavy atom. The van der Waals surface area contributed by atoms with Crippen LogP contribution in [-0.2, 0) is 11.2 Å². The van der Waals surface area contributed by atoms with Crippen molar-refractivity contribution < 1.29 is 19.0 Å². The van der Waals surface area contributed by atoms with Gasteiger partial charge in [-0.3, -0.25) is 4.79 Å². The van der Waals surface area contributed by atoms with Gasteiger partial charge in [-0.25, -0.2) is 0 Å². The van der Waals surface area contributed by atoms with E-state index in [1.54, 1.807) is 19.3 Å². The summed E-state index contributed by atoms with van der Waals surface area (Å²) in [6.45, 7) is 6.34. The first-order valence-corrected chi connectivity index (χ1v) is 12.1. The summed E-state index contributed by atoms with van der Waals surface area (Å²) in [7, 11) is 1.63. The van der Waals surface area contributed by atoms with Crippen molar-refractivity contribution in [3.63, 3.8) is 0 Å². The summed E-state index contributed by atoms with van der Waals surface area (Å²) in [5, 5.41) is 2.94. The van der Waals surface area contributed by atoms with Gasteiger partial charge in [-0.05, 0) is 60.7 Å². The molecule has 5 nitrogen and oxygen atoms in total. The molecule has 180 valence electrons. The third-order valence-corrected chi connectivity index (χ3v) is 5.27. The molecule has 5 heteroatoms. The van der Waals surface area contributed by atoms with E-state index in [1.807, 2.05) is 30.3 Å². The van der Waals surface area contributed by atoms with Crippen LogP contribution in [0, 0.1) is 0 Å². The van der Waals surface area contributed by atoms with Crippen LogP contribution in [0.2, 0.25) is 0 Å². The molecule has 0 saturated carbocycles. The highest BCUT2D eigenvalue weighted by atomic mass is 16.5. The molecule has 33 heavy (non-hydrogen) atoms. The molecule has 1 N–H and O–H groups in total. The quantitative estimate of drug-likeness (QED) is 0.243. The molecule has 0 aliphatic carbocycles. The largest absolute Gasteiger partial charge is 0.494 e. The van der Waals surface area contributed by atoms with Crippen LogP contribution < -0.4 is 19.5 Å². The number of methoxy groups -OCH3 is 1. The third-order valence-electron chi connectivity index (χ3n) is 5.27. The van der Waals surface area contributed by atoms with Gasteiger partial charge in [-0.1, -0.05) is 57.7 Å². The second kappa shape index (κ2) is 15.8. The van der Waals surface area contributed by atoms with Crippen molar-refractivity contribution in [1.82, 2.24) is 5.32 Å². The van der Waals surface area contributed by atoms with Gasteiger partial charge in [0.25, 0.3) is 0 Å². The summed E-state index contributed by atoms with van der Waals surface area (Å²) < 4.78 is 17.0. The average Bonchev–Trinajstić information content (AvgIpc) is 2.84. The number of ether oxygens (including phenoxy) is 3. The smallest absolute Gasteiger partial charge is 0.244 e. The minimum Gasteiger partial charge on any atom is -0.494 e. The van der Waals surface area contributed by atoms with Gasteiger partial charge in [0.15, 0.2) is 11.5 Å². The van der Waals surface area contributed by atoms with Crippen molar-refractivity contribution in [2.45, 2.75) is 58.8 Å². The predicted octanol–water partition coefficient (Wildman–Crippen LogP) is 6.21. The summed E-state index contributed by atoms with van der Waals surface area (Å²) in [5.74, 6) is 2.18. The highest BCUT2D eigenvalue weighted by Crippen LogP contribution is 2.28. The van der Waals surface area contributed by atoms with Crippen molar-refractivity contribution >= 4 is 12.0 Å². The summed E-state index contributed by atoms with van der Waals surface area (Å²) >= 11 is 0. The standard InChI is InChI=1S/C28H39NO4/c1-4-6-8-20-32-25-14-10-23(11-15-25)18-19-29-28(30)17-13-24-12-16-26(31-3)27(22-24)33-21-9-7-5-2/h10-17,22H,4-9,18-21H2,1-3H3,(H,29,30). The maximum atomic E-state index is 12.2. The van der Waals surface area contributed by atoms with E-state index in [4.69, 9.17) is 14.2 Å². The number of carbonyl (C=O) groups is 1. The minimum absolute atomic E-state index is 0.118. The molecule has 0 heterocycles. The number of benzene rings is 2. The fourth-order valence-electron chi connectivity index (χ4n) is 3.30. The van der Waals surface area contributed by atoms with Crippen LogP contribution in [0.5, 0.6) is 17.2 Å². The molecule has 0 bridgehead atoms. The molecular weight excluding hydrogens is 414 g/mol. The molecule has 0 saturated heterocycles. The Morgan fingerprint density at radius 1 is 0.879 bits per heavy atom. The minimum atomic E-state index is -0.118. The van der Waals surface area contributed by atoms with E-state index in [-0.39, 0.29) is 5.91 Å². The van der Waals surface area contributed by atoms with Crippen molar-refractivity contribution in [2.24, 2.45) is 0 Å². The zero-order valence-corrected chi connectivity index (χ0v) is 20.4. The first-order chi connectivity index (χ1) is 16.2. The molecule has 0 atom stereocenters. The second-order valence-electron chi connectivity index (χ2n) is 8.04. The third kappa shape index (κ3) is 10.5. The molecule has 0 aliphatic rings. The maximum absolute atomic E-state index is 12.2. The molecule has 2 aromatic carbocycles. The summed E-state index contributed by atoms with van der Waals surface area (Å²) in [5.41, 5.74) is 2.06. The molecule has 0 radical (unpaired) electrons. The van der Waals surface area contributed by atoms with Gasteiger partial charge in [0.05, 0.1) is 20.3 Å². The number of hydrogen-bond acceptors (Lipinski definition) is 4. The molecular formula is C28H39NO4. The number of amides is 1. The van der Waals surface area contributed by atoms with Crippen LogP contribution >= 0.6 is 0 Å².